The van der Waals surface area contributed by atoms with Gasteiger partial charge in [-0.3, -0.25) is 19.9 Å². The van der Waals surface area contributed by atoms with Crippen molar-refractivity contribution < 1.29 is 38.9 Å². The quantitative estimate of drug-likeness (QED) is 0.0344. The first-order chi connectivity index (χ1) is 23.2. The van der Waals surface area contributed by atoms with E-state index in [4.69, 9.17) is 21.7 Å². The Morgan fingerprint density at radius 3 is 2.73 bits per heavy atom. The van der Waals surface area contributed by atoms with E-state index in [1.54, 1.807) is 6.20 Å². The Balaban J connectivity index is 1.19. The molecule has 0 spiro atoms. The number of aliphatic carboxylic acids is 2. The summed E-state index contributed by atoms with van der Waals surface area (Å²) in [7, 11) is 0. The number of anilines is 2. The van der Waals surface area contributed by atoms with E-state index < -0.39 is 46.5 Å². The SMILES string of the molecule is CC(C)(O/N=C(\C(=O)N[C@@H]1C(=O)N2C(C(=O)[O-])=C(C[n+]3ccc4n(Cc5cc(NC(=N)N)cs5)ccn43)CS[C@H]12)c1csc(N)n1)C(=O)O. The van der Waals surface area contributed by atoms with E-state index in [0.29, 0.717) is 12.1 Å². The number of thiazole rings is 1. The number of nitrogens with zero attached hydrogens (tertiary/aromatic N) is 6. The molecule has 4 aromatic rings. The molecule has 49 heavy (non-hydrogen) atoms. The second-order valence-electron chi connectivity index (χ2n) is 11.4. The number of guanidine groups is 1. The summed E-state index contributed by atoms with van der Waals surface area (Å²) in [6, 6.07) is 2.67. The van der Waals surface area contributed by atoms with Crippen molar-refractivity contribution in [2.45, 2.75) is 44.0 Å². The van der Waals surface area contributed by atoms with Crippen molar-refractivity contribution in [1.29, 1.82) is 5.41 Å². The minimum Gasteiger partial charge on any atom is -0.543 e. The number of carboxylic acids is 2. The second kappa shape index (κ2) is 12.9. The molecule has 0 aliphatic carbocycles. The number of nitrogen functional groups attached to an aromatic ring is 1. The third-order valence-electron chi connectivity index (χ3n) is 7.59. The van der Waals surface area contributed by atoms with Crippen LogP contribution in [-0.4, -0.2) is 82.3 Å². The molecule has 0 aromatic carbocycles. The van der Waals surface area contributed by atoms with Crippen LogP contribution in [0.5, 0.6) is 0 Å². The predicted octanol–water partition coefficient (Wildman–Crippen LogP) is -0.830. The van der Waals surface area contributed by atoms with E-state index in [0.717, 1.165) is 32.4 Å². The molecule has 256 valence electrons. The van der Waals surface area contributed by atoms with E-state index in [-0.39, 0.29) is 34.8 Å². The number of thioether (sulfide) groups is 1. The van der Waals surface area contributed by atoms with E-state index in [1.165, 1.54) is 42.3 Å². The Morgan fingerprint density at radius 2 is 2.06 bits per heavy atom. The van der Waals surface area contributed by atoms with Gasteiger partial charge in [-0.25, -0.2) is 9.78 Å². The average molecular weight is 728 g/mol. The van der Waals surface area contributed by atoms with Crippen LogP contribution in [0.4, 0.5) is 10.8 Å². The summed E-state index contributed by atoms with van der Waals surface area (Å²) in [6.45, 7) is 3.18. The molecule has 0 bridgehead atoms. The normalized spacial score (nSPS) is 17.9. The van der Waals surface area contributed by atoms with Gasteiger partial charge in [0.15, 0.2) is 35.2 Å². The first-order valence-electron chi connectivity index (χ1n) is 14.4. The summed E-state index contributed by atoms with van der Waals surface area (Å²) in [4.78, 5) is 61.9. The van der Waals surface area contributed by atoms with Crippen LogP contribution < -0.4 is 31.9 Å². The third-order valence-corrected chi connectivity index (χ3v) is 10.5. The van der Waals surface area contributed by atoms with E-state index >= 15 is 0 Å². The topological polar surface area (TPSA) is 262 Å². The Morgan fingerprint density at radius 1 is 1.29 bits per heavy atom. The van der Waals surface area contributed by atoms with Crippen LogP contribution in [0.25, 0.3) is 5.65 Å². The van der Waals surface area contributed by atoms with Gasteiger partial charge in [0.1, 0.15) is 17.1 Å². The molecule has 1 saturated heterocycles. The van der Waals surface area contributed by atoms with Crippen molar-refractivity contribution >= 4 is 86.3 Å². The number of nitrogens with one attached hydrogen (secondary N) is 3. The Kier molecular flexibility index (Phi) is 8.81. The highest BCUT2D eigenvalue weighted by molar-refractivity contribution is 8.00. The minimum absolute atomic E-state index is 0.00761. The van der Waals surface area contributed by atoms with Crippen LogP contribution in [-0.2, 0) is 37.1 Å². The average Bonchev–Trinajstić information content (AvgIpc) is 3.83. The van der Waals surface area contributed by atoms with Gasteiger partial charge in [0.05, 0.1) is 36.2 Å². The van der Waals surface area contributed by atoms with Gasteiger partial charge in [-0.1, -0.05) is 5.16 Å². The molecule has 2 aliphatic rings. The number of oxime groups is 1. The summed E-state index contributed by atoms with van der Waals surface area (Å²) in [5.41, 5.74) is 10.7. The number of nitrogens with two attached hydrogens (primary N) is 2. The van der Waals surface area contributed by atoms with Crippen molar-refractivity contribution in [3.05, 3.63) is 63.3 Å². The summed E-state index contributed by atoms with van der Waals surface area (Å²) in [5, 5.41) is 40.9. The van der Waals surface area contributed by atoms with Crippen LogP contribution in [0, 0.1) is 5.41 Å². The van der Waals surface area contributed by atoms with Gasteiger partial charge < -0.3 is 46.5 Å². The van der Waals surface area contributed by atoms with Crippen molar-refractivity contribution in [2.75, 3.05) is 16.8 Å². The smallest absolute Gasteiger partial charge is 0.350 e. The number of carbonyl (C=O) groups excluding carboxylic acids is 3. The van der Waals surface area contributed by atoms with Gasteiger partial charge in [0, 0.05) is 33.2 Å². The molecule has 18 nitrogen and oxygen atoms in total. The molecule has 2 atom stereocenters. The highest BCUT2D eigenvalue weighted by atomic mass is 32.2. The molecule has 0 radical (unpaired) electrons. The fourth-order valence-corrected chi connectivity index (χ4v) is 7.85. The van der Waals surface area contributed by atoms with Gasteiger partial charge in [-0.2, -0.15) is 0 Å². The molecule has 2 aliphatic heterocycles. The lowest BCUT2D eigenvalue weighted by Gasteiger charge is -2.50. The number of hydrogen-bond donors (Lipinski definition) is 6. The summed E-state index contributed by atoms with van der Waals surface area (Å²) < 4.78 is 5.68. The lowest BCUT2D eigenvalue weighted by molar-refractivity contribution is -0.753. The Hall–Kier alpha value is -5.41. The molecule has 8 N–H and O–H groups in total. The van der Waals surface area contributed by atoms with Crippen LogP contribution in [0.3, 0.4) is 0 Å². The molecule has 0 saturated carbocycles. The first-order valence-corrected chi connectivity index (χ1v) is 17.2. The molecule has 4 aromatic heterocycles. The van der Waals surface area contributed by atoms with Crippen molar-refractivity contribution in [2.24, 2.45) is 10.9 Å². The Bertz CT molecular complexity index is 2070. The molecule has 21 heteroatoms. The fraction of sp³-hybridized carbons (Fsp3) is 0.286. The number of fused-ring (bicyclic) bond motifs is 2. The largest absolute Gasteiger partial charge is 0.543 e. The van der Waals surface area contributed by atoms with E-state index in [9.17, 15) is 29.4 Å². The number of carboxylic acid groups (broad SMARTS) is 2. The molecule has 1 fully saturated rings. The highest BCUT2D eigenvalue weighted by Gasteiger charge is 2.53. The van der Waals surface area contributed by atoms with E-state index in [1.807, 2.05) is 43.7 Å². The number of imidazole rings is 1. The zero-order valence-corrected chi connectivity index (χ0v) is 28.2. The number of rotatable bonds is 12. The number of amides is 2. The Labute approximate surface area is 289 Å². The summed E-state index contributed by atoms with van der Waals surface area (Å²) in [5.74, 6) is -4.34. The number of β-lactam (4-membered cyclic amide) rings is 1. The van der Waals surface area contributed by atoms with Crippen LogP contribution >= 0.6 is 34.4 Å². The summed E-state index contributed by atoms with van der Waals surface area (Å²) >= 11 is 3.80. The standard InChI is InChI=1S/C28H29N11O7S3/c1-28(2,25(44)45)46-35-18(16-12-49-27(31)33-16)21(40)34-19-22(41)39-20(24(42)43)13(10-48-23(19)39)8-37-4-3-17-36(5-6-38(17)37)9-15-7-14(11-47-15)32-26(29)30/h3-7,11-12,19,23H,8-10H2,1-2H3,(H8-,29,30,31,32,33,34,40,42,43,44,45)/b35-18-/t19-,23-/m1/s1. The van der Waals surface area contributed by atoms with Gasteiger partial charge in [0.2, 0.25) is 5.60 Å². The molecular weight excluding hydrogens is 699 g/mol. The van der Waals surface area contributed by atoms with Gasteiger partial charge in [0.25, 0.3) is 11.8 Å². The maximum Gasteiger partial charge on any atom is 0.350 e. The third kappa shape index (κ3) is 6.54. The minimum atomic E-state index is -1.78. The monoisotopic (exact) mass is 727 g/mol. The maximum atomic E-state index is 13.4. The number of carbonyl (C=O) groups is 4. The number of hydrogen-bond acceptors (Lipinski definition) is 13. The van der Waals surface area contributed by atoms with Gasteiger partial charge in [-0.05, 0) is 19.9 Å². The zero-order valence-electron chi connectivity index (χ0n) is 25.8. The molecule has 0 unspecified atom stereocenters. The molecular formula is C28H29N11O7S3. The molecule has 6 rings (SSSR count). The maximum absolute atomic E-state index is 13.4. The van der Waals surface area contributed by atoms with Crippen molar-refractivity contribution in [3.63, 3.8) is 0 Å². The zero-order chi connectivity index (χ0) is 35.2. The highest BCUT2D eigenvalue weighted by Crippen LogP contribution is 2.40. The van der Waals surface area contributed by atoms with E-state index in [2.05, 4.69) is 20.8 Å². The van der Waals surface area contributed by atoms with Crippen molar-refractivity contribution in [1.82, 2.24) is 24.3 Å². The predicted molar refractivity (Wildman–Crippen MR) is 177 cm³/mol. The number of aromatic nitrogens is 4. The molecule has 2 amide bonds. The number of thiophene rings is 1. The lowest BCUT2D eigenvalue weighted by Crippen LogP contribution is -2.71. The lowest BCUT2D eigenvalue weighted by atomic mass is 10.0. The fourth-order valence-electron chi connectivity index (χ4n) is 5.16. The van der Waals surface area contributed by atoms with Crippen LogP contribution in [0.15, 0.2) is 57.9 Å². The van der Waals surface area contributed by atoms with Crippen molar-refractivity contribution in [3.8, 4) is 0 Å². The van der Waals surface area contributed by atoms with Crippen LogP contribution in [0.2, 0.25) is 0 Å². The summed E-state index contributed by atoms with van der Waals surface area (Å²) in [6.07, 6.45) is 5.54. The second-order valence-corrected chi connectivity index (χ2v) is 14.4. The van der Waals surface area contributed by atoms with Gasteiger partial charge >= 0.3 is 5.97 Å². The van der Waals surface area contributed by atoms with Crippen LogP contribution in [0.1, 0.15) is 24.4 Å². The van der Waals surface area contributed by atoms with Gasteiger partial charge in [-0.15, -0.1) is 43.6 Å². The molecule has 6 heterocycles. The first kappa shape index (κ1) is 33.5.